The van der Waals surface area contributed by atoms with Gasteiger partial charge in [-0.2, -0.15) is 8.42 Å². The van der Waals surface area contributed by atoms with Crippen LogP contribution in [0.25, 0.3) is 5.57 Å². The van der Waals surface area contributed by atoms with Crippen molar-refractivity contribution in [1.82, 2.24) is 0 Å². The Morgan fingerprint density at radius 2 is 1.79 bits per heavy atom. The first-order valence-electron chi connectivity index (χ1n) is 3.70. The van der Waals surface area contributed by atoms with Gasteiger partial charge in [-0.05, 0) is 18.1 Å². The van der Waals surface area contributed by atoms with Gasteiger partial charge in [-0.15, -0.1) is 0 Å². The second-order valence-electron chi connectivity index (χ2n) is 2.68. The number of hydrogen-bond acceptors (Lipinski definition) is 2. The zero-order valence-electron chi connectivity index (χ0n) is 7.14. The molecule has 0 bridgehead atoms. The molecular weight excluding hydrogens is 211 g/mol. The van der Waals surface area contributed by atoms with Gasteiger partial charge in [0.05, 0.1) is 5.41 Å². The minimum atomic E-state index is -4.03. The van der Waals surface area contributed by atoms with Crippen LogP contribution in [0, 0.1) is 0 Å². The molecular formula is C9H11NaO3S. The summed E-state index contributed by atoms with van der Waals surface area (Å²) in [4.78, 5) is 0. The predicted octanol–water partition coefficient (Wildman–Crippen LogP) is 1.29. The van der Waals surface area contributed by atoms with Crippen molar-refractivity contribution in [2.24, 2.45) is 0 Å². The summed E-state index contributed by atoms with van der Waals surface area (Å²) in [6.07, 6.45) is 0. The summed E-state index contributed by atoms with van der Waals surface area (Å²) in [6.45, 7) is 1.63. The van der Waals surface area contributed by atoms with Crippen molar-refractivity contribution in [2.75, 3.05) is 0 Å². The van der Waals surface area contributed by atoms with E-state index in [1.54, 1.807) is 31.2 Å². The van der Waals surface area contributed by atoms with Crippen molar-refractivity contribution in [3.05, 3.63) is 41.3 Å². The third kappa shape index (κ3) is 4.93. The maximum atomic E-state index is 10.5. The van der Waals surface area contributed by atoms with Crippen LogP contribution in [0.4, 0.5) is 0 Å². The monoisotopic (exact) mass is 222 g/mol. The molecule has 0 saturated heterocycles. The fraction of sp³-hybridized carbons (Fsp3) is 0.111. The van der Waals surface area contributed by atoms with Gasteiger partial charge in [0.25, 0.3) is 10.1 Å². The number of allylic oxidation sites excluding steroid dienone is 1. The van der Waals surface area contributed by atoms with Gasteiger partial charge in [-0.1, -0.05) is 30.3 Å². The molecule has 0 aliphatic rings. The van der Waals surface area contributed by atoms with Crippen LogP contribution in [0.15, 0.2) is 35.7 Å². The van der Waals surface area contributed by atoms with E-state index >= 15 is 0 Å². The topological polar surface area (TPSA) is 54.4 Å². The standard InChI is InChI=1S/C9H10O3S.Na.H/c1-8(7-13(10,11)12)9-5-3-2-4-6-9;;/h2-7H,1H3,(H,10,11,12);;. The zero-order chi connectivity index (χ0) is 9.90. The Kier molecular flexibility index (Phi) is 5.63. The van der Waals surface area contributed by atoms with Crippen molar-refractivity contribution in [1.29, 1.82) is 0 Å². The van der Waals surface area contributed by atoms with Gasteiger partial charge in [0.1, 0.15) is 0 Å². The molecule has 0 saturated carbocycles. The van der Waals surface area contributed by atoms with Gasteiger partial charge >= 0.3 is 29.6 Å². The fourth-order valence-corrected chi connectivity index (χ4v) is 1.58. The molecule has 0 unspecified atom stereocenters. The summed E-state index contributed by atoms with van der Waals surface area (Å²) in [5.74, 6) is 0. The average Bonchev–Trinajstić information content (AvgIpc) is 2.03. The van der Waals surface area contributed by atoms with Gasteiger partial charge in [-0.25, -0.2) is 0 Å². The maximum absolute atomic E-state index is 10.5. The van der Waals surface area contributed by atoms with Crippen LogP contribution in [-0.2, 0) is 10.1 Å². The minimum absolute atomic E-state index is 0. The van der Waals surface area contributed by atoms with E-state index in [9.17, 15) is 8.42 Å². The molecule has 5 heteroatoms. The average molecular weight is 222 g/mol. The summed E-state index contributed by atoms with van der Waals surface area (Å²) in [6, 6.07) is 8.99. The Hall–Kier alpha value is -0.130. The third-order valence-electron chi connectivity index (χ3n) is 1.55. The molecule has 1 rings (SSSR count). The summed E-state index contributed by atoms with van der Waals surface area (Å²) in [5, 5.41) is 0.836. The van der Waals surface area contributed by atoms with E-state index in [2.05, 4.69) is 0 Å². The molecule has 1 aromatic carbocycles. The van der Waals surface area contributed by atoms with Gasteiger partial charge in [0, 0.05) is 0 Å². The van der Waals surface area contributed by atoms with Crippen molar-refractivity contribution in [3.63, 3.8) is 0 Å². The van der Waals surface area contributed by atoms with Crippen LogP contribution in [-0.4, -0.2) is 42.5 Å². The normalized spacial score (nSPS) is 12.0. The summed E-state index contributed by atoms with van der Waals surface area (Å²) in [7, 11) is -4.03. The SMILES string of the molecule is CC(=CS(=O)(=O)O)c1ccccc1.[NaH]. The first-order chi connectivity index (χ1) is 5.99. The Morgan fingerprint density at radius 3 is 2.21 bits per heavy atom. The Labute approximate surface area is 106 Å². The van der Waals surface area contributed by atoms with E-state index in [0.717, 1.165) is 11.0 Å². The van der Waals surface area contributed by atoms with Crippen LogP contribution in [0.3, 0.4) is 0 Å². The van der Waals surface area contributed by atoms with E-state index in [0.29, 0.717) is 5.57 Å². The quantitative estimate of drug-likeness (QED) is 0.606. The third-order valence-corrected chi connectivity index (χ3v) is 2.21. The molecule has 0 spiro atoms. The van der Waals surface area contributed by atoms with Crippen LogP contribution in [0.2, 0.25) is 0 Å². The summed E-state index contributed by atoms with van der Waals surface area (Å²) >= 11 is 0. The summed E-state index contributed by atoms with van der Waals surface area (Å²) in [5.41, 5.74) is 1.29. The van der Waals surface area contributed by atoms with Crippen molar-refractivity contribution >= 4 is 45.2 Å². The molecule has 1 aromatic rings. The van der Waals surface area contributed by atoms with E-state index in [1.807, 2.05) is 6.07 Å². The van der Waals surface area contributed by atoms with Crippen molar-refractivity contribution in [3.8, 4) is 0 Å². The van der Waals surface area contributed by atoms with Crippen LogP contribution in [0.5, 0.6) is 0 Å². The van der Waals surface area contributed by atoms with Crippen LogP contribution < -0.4 is 0 Å². The predicted molar refractivity (Wildman–Crippen MR) is 58.8 cm³/mol. The Bertz CT molecular complexity index is 409. The Morgan fingerprint density at radius 1 is 1.29 bits per heavy atom. The molecule has 0 amide bonds. The first-order valence-corrected chi connectivity index (χ1v) is 5.20. The first kappa shape index (κ1) is 13.9. The van der Waals surface area contributed by atoms with Crippen LogP contribution in [0.1, 0.15) is 12.5 Å². The summed E-state index contributed by atoms with van der Waals surface area (Å²) < 4.78 is 29.5. The van der Waals surface area contributed by atoms with Crippen LogP contribution >= 0.6 is 0 Å². The molecule has 72 valence electrons. The molecule has 3 nitrogen and oxygen atoms in total. The number of hydrogen-bond donors (Lipinski definition) is 1. The second-order valence-corrected chi connectivity index (χ2v) is 3.95. The molecule has 0 aliphatic carbocycles. The zero-order valence-corrected chi connectivity index (χ0v) is 7.95. The molecule has 0 aliphatic heterocycles. The molecule has 0 radical (unpaired) electrons. The van der Waals surface area contributed by atoms with Gasteiger partial charge in [0.15, 0.2) is 0 Å². The molecule has 0 atom stereocenters. The van der Waals surface area contributed by atoms with E-state index in [4.69, 9.17) is 4.55 Å². The Balaban J connectivity index is 0.00000169. The molecule has 0 aromatic heterocycles. The molecule has 0 heterocycles. The van der Waals surface area contributed by atoms with E-state index in [-0.39, 0.29) is 29.6 Å². The van der Waals surface area contributed by atoms with Gasteiger partial charge in [-0.3, -0.25) is 4.55 Å². The van der Waals surface area contributed by atoms with Crippen molar-refractivity contribution < 1.29 is 13.0 Å². The fourth-order valence-electron chi connectivity index (χ4n) is 0.992. The number of benzene rings is 1. The molecule has 14 heavy (non-hydrogen) atoms. The van der Waals surface area contributed by atoms with Crippen molar-refractivity contribution in [2.45, 2.75) is 6.92 Å². The van der Waals surface area contributed by atoms with Gasteiger partial charge in [0.2, 0.25) is 0 Å². The second kappa shape index (κ2) is 5.68. The molecule has 0 fully saturated rings. The van der Waals surface area contributed by atoms with E-state index < -0.39 is 10.1 Å². The number of rotatable bonds is 2. The van der Waals surface area contributed by atoms with Gasteiger partial charge < -0.3 is 0 Å². The molecule has 1 N–H and O–H groups in total. The van der Waals surface area contributed by atoms with E-state index in [1.165, 1.54) is 0 Å².